The zero-order valence-electron chi connectivity index (χ0n) is 37.7. The van der Waals surface area contributed by atoms with Gasteiger partial charge in [-0.25, -0.2) is 0 Å². The third kappa shape index (κ3) is 43.5. The van der Waals surface area contributed by atoms with Crippen LogP contribution in [-0.4, -0.2) is 34.9 Å². The Morgan fingerprint density at radius 1 is 0.429 bits per heavy atom. The highest BCUT2D eigenvalue weighted by Gasteiger charge is 2.18. The maximum Gasteiger partial charge on any atom is 0.220 e. The number of amides is 1. The molecule has 0 aromatic heterocycles. The van der Waals surface area contributed by atoms with Crippen molar-refractivity contribution in [2.75, 3.05) is 6.61 Å². The van der Waals surface area contributed by atoms with Crippen LogP contribution in [0, 0.1) is 0 Å². The van der Waals surface area contributed by atoms with Crippen LogP contribution >= 0.6 is 0 Å². The number of carbonyl (C=O) groups is 1. The fourth-order valence-corrected chi connectivity index (χ4v) is 7.48. The van der Waals surface area contributed by atoms with Gasteiger partial charge in [0.1, 0.15) is 0 Å². The van der Waals surface area contributed by atoms with Crippen molar-refractivity contribution in [3.05, 3.63) is 48.6 Å². The molecule has 4 heteroatoms. The SMILES string of the molecule is CCCCCCC/C=C\C/C=C\C/C=C\CCCCCCCCCCCCCCCCC(=O)NC(CO)C(O)/C=C/CCCCCCCCCCCCCCC. The molecule has 0 aliphatic heterocycles. The highest BCUT2D eigenvalue weighted by Crippen LogP contribution is 2.16. The molecule has 0 rings (SSSR count). The molecule has 0 aliphatic rings. The van der Waals surface area contributed by atoms with Gasteiger partial charge in [-0.15, -0.1) is 0 Å². The second-order valence-corrected chi connectivity index (χ2v) is 16.9. The van der Waals surface area contributed by atoms with Crippen molar-refractivity contribution in [3.63, 3.8) is 0 Å². The summed E-state index contributed by atoms with van der Waals surface area (Å²) in [6.07, 6.45) is 65.2. The topological polar surface area (TPSA) is 69.6 Å². The van der Waals surface area contributed by atoms with Crippen LogP contribution in [0.25, 0.3) is 0 Å². The average molecular weight is 784 g/mol. The summed E-state index contributed by atoms with van der Waals surface area (Å²) in [5.41, 5.74) is 0. The second kappa shape index (κ2) is 47.7. The maximum absolute atomic E-state index is 12.4. The fraction of sp³-hybridized carbons (Fsp3) is 0.827. The Balaban J connectivity index is 3.51. The van der Waals surface area contributed by atoms with Crippen LogP contribution in [0.4, 0.5) is 0 Å². The zero-order chi connectivity index (χ0) is 40.7. The zero-order valence-corrected chi connectivity index (χ0v) is 37.7. The Morgan fingerprint density at radius 2 is 0.732 bits per heavy atom. The lowest BCUT2D eigenvalue weighted by Crippen LogP contribution is -2.45. The molecule has 0 fully saturated rings. The summed E-state index contributed by atoms with van der Waals surface area (Å²) in [4.78, 5) is 12.4. The van der Waals surface area contributed by atoms with E-state index in [1.165, 1.54) is 199 Å². The molecular formula is C52H97NO3. The van der Waals surface area contributed by atoms with Crippen molar-refractivity contribution in [3.8, 4) is 0 Å². The lowest BCUT2D eigenvalue weighted by atomic mass is 10.0. The van der Waals surface area contributed by atoms with Gasteiger partial charge in [-0.1, -0.05) is 242 Å². The largest absolute Gasteiger partial charge is 0.394 e. The maximum atomic E-state index is 12.4. The van der Waals surface area contributed by atoms with Gasteiger partial charge in [0, 0.05) is 6.42 Å². The Bertz CT molecular complexity index is 893. The summed E-state index contributed by atoms with van der Waals surface area (Å²) in [5.74, 6) is -0.0642. The number of carbonyl (C=O) groups excluding carboxylic acids is 1. The van der Waals surface area contributed by atoms with Gasteiger partial charge in [0.2, 0.25) is 5.91 Å². The monoisotopic (exact) mass is 784 g/mol. The normalized spacial score (nSPS) is 13.3. The first kappa shape index (κ1) is 54.3. The molecule has 0 aliphatic carbocycles. The third-order valence-corrected chi connectivity index (χ3v) is 11.3. The van der Waals surface area contributed by atoms with Crippen LogP contribution in [0.3, 0.4) is 0 Å². The van der Waals surface area contributed by atoms with Crippen LogP contribution in [0.1, 0.15) is 258 Å². The molecule has 4 nitrogen and oxygen atoms in total. The highest BCUT2D eigenvalue weighted by molar-refractivity contribution is 5.76. The molecule has 3 N–H and O–H groups in total. The molecule has 0 aromatic rings. The number of unbranched alkanes of at least 4 members (excludes halogenated alkanes) is 32. The van der Waals surface area contributed by atoms with Gasteiger partial charge >= 0.3 is 0 Å². The predicted octanol–water partition coefficient (Wildman–Crippen LogP) is 15.9. The van der Waals surface area contributed by atoms with E-state index < -0.39 is 12.1 Å². The first-order valence-corrected chi connectivity index (χ1v) is 24.9. The average Bonchev–Trinajstić information content (AvgIpc) is 3.20. The van der Waals surface area contributed by atoms with Gasteiger partial charge in [-0.3, -0.25) is 4.79 Å². The van der Waals surface area contributed by atoms with Gasteiger partial charge < -0.3 is 15.5 Å². The van der Waals surface area contributed by atoms with E-state index in [0.29, 0.717) is 6.42 Å². The summed E-state index contributed by atoms with van der Waals surface area (Å²) in [6.45, 7) is 4.31. The van der Waals surface area contributed by atoms with E-state index in [9.17, 15) is 15.0 Å². The van der Waals surface area contributed by atoms with Gasteiger partial charge in [0.05, 0.1) is 18.8 Å². The number of hydrogen-bond acceptors (Lipinski definition) is 3. The molecule has 0 saturated heterocycles. The number of aliphatic hydroxyl groups is 2. The van der Waals surface area contributed by atoms with E-state index >= 15 is 0 Å². The fourth-order valence-electron chi connectivity index (χ4n) is 7.48. The Kier molecular flexibility index (Phi) is 46.3. The van der Waals surface area contributed by atoms with Crippen molar-refractivity contribution in [1.82, 2.24) is 5.32 Å². The Hall–Kier alpha value is -1.65. The molecule has 0 heterocycles. The predicted molar refractivity (Wildman–Crippen MR) is 248 cm³/mol. The minimum absolute atomic E-state index is 0.0642. The molecule has 328 valence electrons. The molecule has 0 bridgehead atoms. The van der Waals surface area contributed by atoms with Crippen molar-refractivity contribution < 1.29 is 15.0 Å². The lowest BCUT2D eigenvalue weighted by Gasteiger charge is -2.20. The molecular weight excluding hydrogens is 687 g/mol. The van der Waals surface area contributed by atoms with E-state index in [2.05, 4.69) is 55.6 Å². The minimum atomic E-state index is -0.839. The highest BCUT2D eigenvalue weighted by atomic mass is 16.3. The number of allylic oxidation sites excluding steroid dienone is 7. The molecule has 0 spiro atoms. The number of aliphatic hydroxyl groups excluding tert-OH is 2. The molecule has 2 unspecified atom stereocenters. The molecule has 2 atom stereocenters. The first-order chi connectivity index (χ1) is 27.7. The van der Waals surface area contributed by atoms with Gasteiger partial charge in [0.25, 0.3) is 0 Å². The second-order valence-electron chi connectivity index (χ2n) is 16.9. The smallest absolute Gasteiger partial charge is 0.220 e. The number of hydrogen-bond donors (Lipinski definition) is 3. The van der Waals surface area contributed by atoms with E-state index in [1.807, 2.05) is 6.08 Å². The summed E-state index contributed by atoms with van der Waals surface area (Å²) >= 11 is 0. The standard InChI is InChI=1S/C52H97NO3/c1-3-5-7-9-11-13-15-17-19-20-21-22-23-24-25-26-27-28-29-30-31-32-34-36-38-40-42-44-46-48-52(56)53-50(49-54)51(55)47-45-43-41-39-37-35-33-18-16-14-12-10-8-6-4-2/h15,17,20-21,23-24,45,47,50-51,54-55H,3-14,16,18-19,22,25-44,46,48-49H2,1-2H3,(H,53,56)/b17-15-,21-20-,24-23-,47-45+. The van der Waals surface area contributed by atoms with E-state index in [1.54, 1.807) is 6.08 Å². The van der Waals surface area contributed by atoms with Crippen LogP contribution < -0.4 is 5.32 Å². The van der Waals surface area contributed by atoms with Crippen molar-refractivity contribution in [2.24, 2.45) is 0 Å². The van der Waals surface area contributed by atoms with Gasteiger partial charge in [-0.2, -0.15) is 0 Å². The van der Waals surface area contributed by atoms with Crippen molar-refractivity contribution in [1.29, 1.82) is 0 Å². The molecule has 0 radical (unpaired) electrons. The summed E-state index contributed by atoms with van der Waals surface area (Å²) < 4.78 is 0. The van der Waals surface area contributed by atoms with E-state index in [-0.39, 0.29) is 12.5 Å². The minimum Gasteiger partial charge on any atom is -0.394 e. The van der Waals surface area contributed by atoms with Crippen LogP contribution in [0.5, 0.6) is 0 Å². The Morgan fingerprint density at radius 3 is 1.09 bits per heavy atom. The van der Waals surface area contributed by atoms with Gasteiger partial charge in [0.15, 0.2) is 0 Å². The number of rotatable bonds is 45. The van der Waals surface area contributed by atoms with Crippen LogP contribution in [0.15, 0.2) is 48.6 Å². The van der Waals surface area contributed by atoms with Crippen LogP contribution in [0.2, 0.25) is 0 Å². The Labute approximate surface area is 350 Å². The molecule has 1 amide bonds. The van der Waals surface area contributed by atoms with E-state index in [0.717, 1.165) is 38.5 Å². The van der Waals surface area contributed by atoms with Crippen molar-refractivity contribution >= 4 is 5.91 Å². The third-order valence-electron chi connectivity index (χ3n) is 11.3. The summed E-state index contributed by atoms with van der Waals surface area (Å²) in [5, 5.41) is 23.1. The van der Waals surface area contributed by atoms with Gasteiger partial charge in [-0.05, 0) is 57.8 Å². The van der Waals surface area contributed by atoms with Crippen molar-refractivity contribution in [2.45, 2.75) is 270 Å². The first-order valence-electron chi connectivity index (χ1n) is 24.9. The van der Waals surface area contributed by atoms with E-state index in [4.69, 9.17) is 0 Å². The summed E-state index contributed by atoms with van der Waals surface area (Å²) in [7, 11) is 0. The number of nitrogens with one attached hydrogen (secondary N) is 1. The molecule has 0 aromatic carbocycles. The molecule has 56 heavy (non-hydrogen) atoms. The lowest BCUT2D eigenvalue weighted by molar-refractivity contribution is -0.123. The van der Waals surface area contributed by atoms with Crippen LogP contribution in [-0.2, 0) is 4.79 Å². The molecule has 0 saturated carbocycles. The summed E-state index contributed by atoms with van der Waals surface area (Å²) in [6, 6.07) is -0.622. The quantitative estimate of drug-likeness (QED) is 0.0425.